The van der Waals surface area contributed by atoms with Gasteiger partial charge in [-0.3, -0.25) is 0 Å². The number of imidazole rings is 1. The molecule has 1 aliphatic heterocycles. The van der Waals surface area contributed by atoms with Crippen LogP contribution in [-0.4, -0.2) is 59.4 Å². The quantitative estimate of drug-likeness (QED) is 0.602. The van der Waals surface area contributed by atoms with Crippen molar-refractivity contribution in [3.63, 3.8) is 0 Å². The van der Waals surface area contributed by atoms with Crippen molar-refractivity contribution in [1.29, 1.82) is 0 Å². The summed E-state index contributed by atoms with van der Waals surface area (Å²) in [7, 11) is -3.52. The Hall–Kier alpha value is -1.46. The first-order valence-electron chi connectivity index (χ1n) is 8.25. The zero-order valence-corrected chi connectivity index (χ0v) is 16.6. The Kier molecular flexibility index (Phi) is 5.02. The Labute approximate surface area is 160 Å². The van der Waals surface area contributed by atoms with Crippen LogP contribution in [0.3, 0.4) is 0 Å². The van der Waals surface area contributed by atoms with Gasteiger partial charge >= 0.3 is 0 Å². The van der Waals surface area contributed by atoms with Crippen LogP contribution in [0, 0.1) is 0 Å². The van der Waals surface area contributed by atoms with Crippen molar-refractivity contribution in [1.82, 2.24) is 18.9 Å². The van der Waals surface area contributed by atoms with Gasteiger partial charge in [0.1, 0.15) is 0 Å². The Balaban J connectivity index is 1.66. The molecule has 1 saturated heterocycles. The molecule has 7 nitrogen and oxygen atoms in total. The zero-order valence-electron chi connectivity index (χ0n) is 14.2. The van der Waals surface area contributed by atoms with Crippen LogP contribution in [0.4, 0.5) is 0 Å². The maximum atomic E-state index is 12.8. The van der Waals surface area contributed by atoms with Gasteiger partial charge in [-0.2, -0.15) is 4.31 Å². The molecule has 0 N–H and O–H groups in total. The highest BCUT2D eigenvalue weighted by Gasteiger charge is 2.26. The largest absolute Gasteiger partial charge is 0.379 e. The van der Waals surface area contributed by atoms with E-state index in [0.717, 1.165) is 26.3 Å². The molecule has 0 spiro atoms. The molecule has 2 aromatic heterocycles. The highest BCUT2D eigenvalue weighted by Crippen LogP contribution is 2.28. The molecule has 0 atom stereocenters. The molecule has 0 aliphatic carbocycles. The number of thioether (sulfide) groups is 1. The van der Waals surface area contributed by atoms with Crippen molar-refractivity contribution in [2.75, 3.05) is 32.1 Å². The van der Waals surface area contributed by atoms with Crippen LogP contribution >= 0.6 is 23.1 Å². The number of ether oxygens (including phenoxy) is 1. The van der Waals surface area contributed by atoms with Crippen LogP contribution in [0.2, 0.25) is 0 Å². The van der Waals surface area contributed by atoms with Crippen molar-refractivity contribution in [2.45, 2.75) is 16.2 Å². The fourth-order valence-corrected chi connectivity index (χ4v) is 6.03. The molecule has 3 heterocycles. The second kappa shape index (κ2) is 7.28. The normalized spacial score (nSPS) is 16.3. The van der Waals surface area contributed by atoms with Gasteiger partial charge in [-0.25, -0.2) is 17.9 Å². The maximum absolute atomic E-state index is 12.8. The molecule has 0 bridgehead atoms. The third kappa shape index (κ3) is 3.39. The van der Waals surface area contributed by atoms with E-state index in [0.29, 0.717) is 26.3 Å². The van der Waals surface area contributed by atoms with E-state index < -0.39 is 10.0 Å². The van der Waals surface area contributed by atoms with E-state index in [-0.39, 0.29) is 4.90 Å². The molecule has 1 aromatic carbocycles. The first-order valence-corrected chi connectivity index (χ1v) is 11.5. The van der Waals surface area contributed by atoms with Gasteiger partial charge in [-0.1, -0.05) is 42.2 Å². The highest BCUT2D eigenvalue weighted by atomic mass is 32.2. The smallest absolute Gasteiger partial charge is 0.243 e. The summed E-state index contributed by atoms with van der Waals surface area (Å²) in [5, 5.41) is 4.49. The average Bonchev–Trinajstić information content (AvgIpc) is 3.21. The molecule has 3 aromatic rings. The number of nitrogens with zero attached hydrogens (tertiary/aromatic N) is 4. The third-order valence-corrected chi connectivity index (χ3v) is 7.86. The Bertz CT molecular complexity index is 991. The number of morpholine rings is 1. The molecule has 4 rings (SSSR count). The number of sulfonamides is 1. The summed E-state index contributed by atoms with van der Waals surface area (Å²) in [6.45, 7) is 3.71. The summed E-state index contributed by atoms with van der Waals surface area (Å²) in [6.07, 6.45) is 1.84. The second-order valence-corrected chi connectivity index (χ2v) is 10.1. The van der Waals surface area contributed by atoms with Gasteiger partial charge in [0.15, 0.2) is 4.34 Å². The molecule has 1 fully saturated rings. The van der Waals surface area contributed by atoms with Crippen molar-refractivity contribution >= 4 is 38.1 Å². The SMILES string of the molecule is CCSc1nn2cc(-c3cccc(S(=O)(=O)N4CCOCC4)c3)nc2s1. The summed E-state index contributed by atoms with van der Waals surface area (Å²) >= 11 is 3.21. The van der Waals surface area contributed by atoms with E-state index in [9.17, 15) is 8.42 Å². The number of hydrogen-bond donors (Lipinski definition) is 0. The molecule has 0 radical (unpaired) electrons. The second-order valence-electron chi connectivity index (χ2n) is 5.70. The van der Waals surface area contributed by atoms with Crippen LogP contribution in [-0.2, 0) is 14.8 Å². The lowest BCUT2D eigenvalue weighted by molar-refractivity contribution is 0.0730. The minimum absolute atomic E-state index is 0.281. The van der Waals surface area contributed by atoms with Crippen LogP contribution in [0.5, 0.6) is 0 Å². The van der Waals surface area contributed by atoms with Crippen LogP contribution in [0.15, 0.2) is 39.7 Å². The highest BCUT2D eigenvalue weighted by molar-refractivity contribution is 8.01. The van der Waals surface area contributed by atoms with Crippen LogP contribution in [0.25, 0.3) is 16.2 Å². The zero-order chi connectivity index (χ0) is 18.1. The average molecular weight is 411 g/mol. The molecule has 26 heavy (non-hydrogen) atoms. The lowest BCUT2D eigenvalue weighted by Crippen LogP contribution is -2.40. The van der Waals surface area contributed by atoms with Gasteiger partial charge in [0, 0.05) is 18.7 Å². The third-order valence-electron chi connectivity index (χ3n) is 4.03. The molecular weight excluding hydrogens is 392 g/mol. The number of benzene rings is 1. The summed E-state index contributed by atoms with van der Waals surface area (Å²) in [5.74, 6) is 0.963. The fourth-order valence-electron chi connectivity index (χ4n) is 2.75. The monoisotopic (exact) mass is 410 g/mol. The minimum Gasteiger partial charge on any atom is -0.379 e. The Morgan fingerprint density at radius 1 is 1.31 bits per heavy atom. The van der Waals surface area contributed by atoms with E-state index in [4.69, 9.17) is 4.74 Å². The van der Waals surface area contributed by atoms with Crippen molar-refractivity contribution in [3.8, 4) is 11.3 Å². The summed E-state index contributed by atoms with van der Waals surface area (Å²) in [6, 6.07) is 6.92. The van der Waals surface area contributed by atoms with E-state index in [1.165, 1.54) is 15.6 Å². The summed E-state index contributed by atoms with van der Waals surface area (Å²) in [5.41, 5.74) is 1.48. The molecule has 10 heteroatoms. The maximum Gasteiger partial charge on any atom is 0.243 e. The fraction of sp³-hybridized carbons (Fsp3) is 0.375. The lowest BCUT2D eigenvalue weighted by Gasteiger charge is -2.26. The van der Waals surface area contributed by atoms with E-state index in [1.807, 2.05) is 12.3 Å². The molecule has 0 amide bonds. The molecule has 0 unspecified atom stereocenters. The topological polar surface area (TPSA) is 76.8 Å². The van der Waals surface area contributed by atoms with Gasteiger partial charge in [-0.05, 0) is 17.9 Å². The van der Waals surface area contributed by atoms with Gasteiger partial charge in [0.25, 0.3) is 0 Å². The predicted molar refractivity (Wildman–Crippen MR) is 102 cm³/mol. The Morgan fingerprint density at radius 2 is 2.12 bits per heavy atom. The minimum atomic E-state index is -3.52. The lowest BCUT2D eigenvalue weighted by atomic mass is 10.2. The predicted octanol–water partition coefficient (Wildman–Crippen LogP) is 2.59. The molecule has 138 valence electrons. The van der Waals surface area contributed by atoms with Crippen LogP contribution < -0.4 is 0 Å². The first-order chi connectivity index (χ1) is 12.6. The van der Waals surface area contributed by atoms with E-state index in [1.54, 1.807) is 34.5 Å². The molecule has 1 aliphatic rings. The number of hydrogen-bond acceptors (Lipinski definition) is 7. The number of aromatic nitrogens is 3. The van der Waals surface area contributed by atoms with Crippen LogP contribution in [0.1, 0.15) is 6.92 Å². The summed E-state index contributed by atoms with van der Waals surface area (Å²) in [4.78, 5) is 5.68. The van der Waals surface area contributed by atoms with Crippen molar-refractivity contribution < 1.29 is 13.2 Å². The van der Waals surface area contributed by atoms with Crippen molar-refractivity contribution in [3.05, 3.63) is 30.5 Å². The van der Waals surface area contributed by atoms with Crippen molar-refractivity contribution in [2.24, 2.45) is 0 Å². The number of rotatable bonds is 5. The van der Waals surface area contributed by atoms with E-state index >= 15 is 0 Å². The summed E-state index contributed by atoms with van der Waals surface area (Å²) < 4.78 is 35.1. The molecular formula is C16H18N4O3S3. The molecule has 0 saturated carbocycles. The first kappa shape index (κ1) is 17.9. The van der Waals surface area contributed by atoms with E-state index in [2.05, 4.69) is 17.0 Å². The number of fused-ring (bicyclic) bond motifs is 1. The van der Waals surface area contributed by atoms with Gasteiger partial charge in [0.2, 0.25) is 15.0 Å². The van der Waals surface area contributed by atoms with Gasteiger partial charge in [-0.15, -0.1) is 5.10 Å². The standard InChI is InChI=1S/C16H18N4O3S3/c1-2-24-16-18-20-11-14(17-15(20)25-16)12-4-3-5-13(10-12)26(21,22)19-6-8-23-9-7-19/h3-5,10-11H,2,6-9H2,1H3. The van der Waals surface area contributed by atoms with Gasteiger partial charge < -0.3 is 4.74 Å². The Morgan fingerprint density at radius 3 is 2.85 bits per heavy atom. The van der Waals surface area contributed by atoms with Gasteiger partial charge in [0.05, 0.1) is 30.0 Å².